The molecule has 1 unspecified atom stereocenters. The molecular weight excluding hydrogens is 346 g/mol. The number of piperidine rings is 1. The highest BCUT2D eigenvalue weighted by atomic mass is 35.5. The number of ether oxygens (including phenoxy) is 2. The summed E-state index contributed by atoms with van der Waals surface area (Å²) in [5, 5.41) is 10.0. The van der Waals surface area contributed by atoms with E-state index >= 15 is 0 Å². The lowest BCUT2D eigenvalue weighted by Crippen LogP contribution is -2.50. The molecule has 0 aromatic heterocycles. The molecule has 0 spiro atoms. The second-order valence-corrected chi connectivity index (χ2v) is 7.03. The molecule has 136 valence electrons. The second kappa shape index (κ2) is 7.12. The number of carboxylic acid groups (broad SMARTS) is 1. The van der Waals surface area contributed by atoms with E-state index in [-0.39, 0.29) is 18.9 Å². The van der Waals surface area contributed by atoms with E-state index in [1.807, 2.05) is 6.92 Å². The van der Waals surface area contributed by atoms with E-state index in [2.05, 4.69) is 0 Å². The van der Waals surface area contributed by atoms with Crippen molar-refractivity contribution in [2.75, 3.05) is 26.3 Å². The fourth-order valence-corrected chi connectivity index (χ4v) is 3.70. The Kier molecular flexibility index (Phi) is 5.08. The third-order valence-electron chi connectivity index (χ3n) is 5.11. The molecule has 25 heavy (non-hydrogen) atoms. The Morgan fingerprint density at radius 2 is 1.96 bits per heavy atom. The molecule has 1 fully saturated rings. The Hall–Kier alpha value is -1.95. The van der Waals surface area contributed by atoms with Crippen LogP contribution in [0.5, 0.6) is 11.5 Å². The number of nitrogens with zero attached hydrogens (tertiary/aromatic N) is 1. The van der Waals surface area contributed by atoms with Gasteiger partial charge in [0.1, 0.15) is 13.2 Å². The van der Waals surface area contributed by atoms with Gasteiger partial charge in [-0.25, -0.2) is 0 Å². The third-order valence-corrected chi connectivity index (χ3v) is 5.46. The zero-order chi connectivity index (χ0) is 18.0. The number of rotatable bonds is 4. The lowest BCUT2D eigenvalue weighted by Gasteiger charge is -2.39. The number of benzene rings is 1. The van der Waals surface area contributed by atoms with E-state index in [0.29, 0.717) is 61.1 Å². The van der Waals surface area contributed by atoms with Crippen molar-refractivity contribution in [3.05, 3.63) is 22.7 Å². The lowest BCUT2D eigenvalue weighted by atomic mass is 9.77. The first-order valence-electron chi connectivity index (χ1n) is 8.54. The normalized spacial score (nSPS) is 22.6. The Bertz CT molecular complexity index is 692. The highest BCUT2D eigenvalue weighted by Gasteiger charge is 2.42. The van der Waals surface area contributed by atoms with Crippen LogP contribution in [0.15, 0.2) is 12.1 Å². The van der Waals surface area contributed by atoms with E-state index in [9.17, 15) is 14.7 Å². The lowest BCUT2D eigenvalue weighted by molar-refractivity contribution is -0.155. The Labute approximate surface area is 151 Å². The summed E-state index contributed by atoms with van der Waals surface area (Å²) >= 11 is 6.28. The predicted molar refractivity (Wildman–Crippen MR) is 92.3 cm³/mol. The van der Waals surface area contributed by atoms with Crippen LogP contribution in [-0.2, 0) is 16.0 Å². The molecule has 0 saturated carbocycles. The molecule has 3 rings (SSSR count). The van der Waals surface area contributed by atoms with Crippen molar-refractivity contribution in [1.82, 2.24) is 4.90 Å². The average molecular weight is 368 g/mol. The number of hydrogen-bond donors (Lipinski definition) is 1. The number of amides is 1. The smallest absolute Gasteiger partial charge is 0.311 e. The summed E-state index contributed by atoms with van der Waals surface area (Å²) in [5.74, 6) is 0.231. The maximum atomic E-state index is 12.7. The van der Waals surface area contributed by atoms with Crippen LogP contribution in [0.4, 0.5) is 0 Å². The van der Waals surface area contributed by atoms with Gasteiger partial charge in [0.15, 0.2) is 11.5 Å². The van der Waals surface area contributed by atoms with Crippen LogP contribution in [-0.4, -0.2) is 48.2 Å². The van der Waals surface area contributed by atoms with Crippen LogP contribution in [0.3, 0.4) is 0 Å². The number of likely N-dealkylation sites (tertiary alicyclic amines) is 1. The van der Waals surface area contributed by atoms with Crippen molar-refractivity contribution in [3.8, 4) is 11.5 Å². The SMILES string of the molecule is CCC1(C(=O)O)CCCN(C(=O)Cc2cc3c(cc2Cl)OCCO3)C1. The second-order valence-electron chi connectivity index (χ2n) is 6.62. The zero-order valence-electron chi connectivity index (χ0n) is 14.2. The molecule has 0 aliphatic carbocycles. The number of fused-ring (bicyclic) bond motifs is 1. The minimum absolute atomic E-state index is 0.114. The van der Waals surface area contributed by atoms with E-state index in [1.165, 1.54) is 0 Å². The van der Waals surface area contributed by atoms with Gasteiger partial charge in [-0.15, -0.1) is 0 Å². The summed E-state index contributed by atoms with van der Waals surface area (Å²) in [5.41, 5.74) is -0.177. The summed E-state index contributed by atoms with van der Waals surface area (Å²) in [4.78, 5) is 26.0. The predicted octanol–water partition coefficient (Wildman–Crippen LogP) is 2.76. The van der Waals surface area contributed by atoms with Crippen LogP contribution < -0.4 is 9.47 Å². The number of carbonyl (C=O) groups excluding carboxylic acids is 1. The molecular formula is C18H22ClNO5. The third kappa shape index (κ3) is 3.54. The topological polar surface area (TPSA) is 76.1 Å². The fourth-order valence-electron chi connectivity index (χ4n) is 3.48. The largest absolute Gasteiger partial charge is 0.486 e. The standard InChI is InChI=1S/C18H22ClNO5/c1-2-18(17(22)23)4-3-5-20(11-18)16(21)9-12-8-14-15(10-13(12)19)25-7-6-24-14/h8,10H,2-7,9,11H2,1H3,(H,22,23). The van der Waals surface area contributed by atoms with E-state index < -0.39 is 11.4 Å². The number of carboxylic acids is 1. The van der Waals surface area contributed by atoms with Crippen molar-refractivity contribution in [2.24, 2.45) is 5.41 Å². The van der Waals surface area contributed by atoms with Gasteiger partial charge in [0.25, 0.3) is 0 Å². The van der Waals surface area contributed by atoms with Gasteiger partial charge in [-0.2, -0.15) is 0 Å². The van der Waals surface area contributed by atoms with Crippen molar-refractivity contribution >= 4 is 23.5 Å². The molecule has 1 aromatic carbocycles. The summed E-state index contributed by atoms with van der Waals surface area (Å²) in [7, 11) is 0. The van der Waals surface area contributed by atoms with Crippen LogP contribution in [0, 0.1) is 5.41 Å². The van der Waals surface area contributed by atoms with Crippen LogP contribution in [0.1, 0.15) is 31.7 Å². The van der Waals surface area contributed by atoms with E-state index in [4.69, 9.17) is 21.1 Å². The van der Waals surface area contributed by atoms with Gasteiger partial charge in [-0.05, 0) is 30.9 Å². The average Bonchev–Trinajstić information content (AvgIpc) is 2.62. The maximum absolute atomic E-state index is 12.7. The van der Waals surface area contributed by atoms with Gasteiger partial charge >= 0.3 is 5.97 Å². The maximum Gasteiger partial charge on any atom is 0.311 e. The molecule has 0 bridgehead atoms. The van der Waals surface area contributed by atoms with Gasteiger partial charge in [-0.1, -0.05) is 18.5 Å². The van der Waals surface area contributed by atoms with E-state index in [1.54, 1.807) is 17.0 Å². The van der Waals surface area contributed by atoms with Crippen molar-refractivity contribution in [2.45, 2.75) is 32.6 Å². The van der Waals surface area contributed by atoms with Crippen molar-refractivity contribution < 1.29 is 24.2 Å². The summed E-state index contributed by atoms with van der Waals surface area (Å²) in [6.07, 6.45) is 1.93. The molecule has 1 amide bonds. The van der Waals surface area contributed by atoms with Gasteiger partial charge in [-0.3, -0.25) is 9.59 Å². The number of hydrogen-bond acceptors (Lipinski definition) is 4. The number of carbonyl (C=O) groups is 2. The first-order valence-corrected chi connectivity index (χ1v) is 8.92. The molecule has 1 saturated heterocycles. The Morgan fingerprint density at radius 1 is 1.28 bits per heavy atom. The summed E-state index contributed by atoms with van der Waals surface area (Å²) in [6.45, 7) is 3.63. The van der Waals surface area contributed by atoms with Crippen LogP contribution in [0.25, 0.3) is 0 Å². The summed E-state index contributed by atoms with van der Waals surface area (Å²) in [6, 6.07) is 3.41. The van der Waals surface area contributed by atoms with Crippen LogP contribution >= 0.6 is 11.6 Å². The molecule has 2 heterocycles. The molecule has 1 aromatic rings. The molecule has 0 radical (unpaired) electrons. The highest BCUT2D eigenvalue weighted by molar-refractivity contribution is 6.31. The quantitative estimate of drug-likeness (QED) is 0.885. The first-order chi connectivity index (χ1) is 11.9. The molecule has 2 aliphatic heterocycles. The van der Waals surface area contributed by atoms with E-state index in [0.717, 1.165) is 0 Å². The number of halogens is 1. The van der Waals surface area contributed by atoms with Gasteiger partial charge in [0.2, 0.25) is 5.91 Å². The monoisotopic (exact) mass is 367 g/mol. The molecule has 6 nitrogen and oxygen atoms in total. The molecule has 2 aliphatic rings. The molecule has 7 heteroatoms. The zero-order valence-corrected chi connectivity index (χ0v) is 15.0. The molecule has 1 atom stereocenters. The Balaban J connectivity index is 1.75. The van der Waals surface area contributed by atoms with Crippen molar-refractivity contribution in [3.63, 3.8) is 0 Å². The first kappa shape index (κ1) is 17.9. The fraction of sp³-hybridized carbons (Fsp3) is 0.556. The minimum atomic E-state index is -0.843. The van der Waals surface area contributed by atoms with Gasteiger partial charge in [0.05, 0.1) is 11.8 Å². The van der Waals surface area contributed by atoms with Crippen LogP contribution in [0.2, 0.25) is 5.02 Å². The highest BCUT2D eigenvalue weighted by Crippen LogP contribution is 2.37. The number of aliphatic carboxylic acids is 1. The minimum Gasteiger partial charge on any atom is -0.486 e. The van der Waals surface area contributed by atoms with Gasteiger partial charge < -0.3 is 19.5 Å². The summed E-state index contributed by atoms with van der Waals surface area (Å²) < 4.78 is 11.0. The molecule has 1 N–H and O–H groups in total. The van der Waals surface area contributed by atoms with Crippen molar-refractivity contribution in [1.29, 1.82) is 0 Å². The van der Waals surface area contributed by atoms with Gasteiger partial charge in [0, 0.05) is 24.2 Å². The Morgan fingerprint density at radius 3 is 2.60 bits per heavy atom.